The number of aromatic carboxylic acids is 1. The van der Waals surface area contributed by atoms with Crippen molar-refractivity contribution in [3.63, 3.8) is 0 Å². The summed E-state index contributed by atoms with van der Waals surface area (Å²) in [4.78, 5) is 11.0. The van der Waals surface area contributed by atoms with Crippen LogP contribution in [0.2, 0.25) is 0 Å². The lowest BCUT2D eigenvalue weighted by atomic mass is 10.1. The molecule has 0 radical (unpaired) electrons. The van der Waals surface area contributed by atoms with Crippen molar-refractivity contribution in [2.24, 2.45) is 0 Å². The zero-order valence-corrected chi connectivity index (χ0v) is 12.1. The van der Waals surface area contributed by atoms with E-state index < -0.39 is 5.97 Å². The number of aliphatic hydroxyl groups excluding tert-OH is 1. The summed E-state index contributed by atoms with van der Waals surface area (Å²) in [7, 11) is 0. The van der Waals surface area contributed by atoms with Crippen LogP contribution < -0.4 is 5.32 Å². The van der Waals surface area contributed by atoms with E-state index in [2.05, 4.69) is 5.32 Å². The van der Waals surface area contributed by atoms with Crippen molar-refractivity contribution < 1.29 is 19.4 Å². The Morgan fingerprint density at radius 2 is 2.05 bits per heavy atom. The highest BCUT2D eigenvalue weighted by atomic mass is 16.4. The lowest BCUT2D eigenvalue weighted by Gasteiger charge is -2.22. The van der Waals surface area contributed by atoms with Gasteiger partial charge in [0, 0.05) is 11.1 Å². The maximum absolute atomic E-state index is 11.0. The first kappa shape index (κ1) is 15.3. The first-order valence-corrected chi connectivity index (χ1v) is 6.69. The molecule has 0 bridgehead atoms. The summed E-state index contributed by atoms with van der Waals surface area (Å²) in [5.74, 6) is 0.388. The molecule has 0 saturated carbocycles. The summed E-state index contributed by atoms with van der Waals surface area (Å²) in [6.45, 7) is 4.31. The highest BCUT2D eigenvalue weighted by Crippen LogP contribution is 2.23. The molecule has 112 valence electrons. The zero-order valence-electron chi connectivity index (χ0n) is 12.1. The summed E-state index contributed by atoms with van der Waals surface area (Å²) in [5.41, 5.74) is 0.573. The van der Waals surface area contributed by atoms with Gasteiger partial charge in [-0.05, 0) is 38.1 Å². The van der Waals surface area contributed by atoms with Crippen molar-refractivity contribution in [3.8, 4) is 11.3 Å². The Balaban J connectivity index is 2.13. The molecule has 1 heterocycles. The van der Waals surface area contributed by atoms with E-state index in [1.54, 1.807) is 24.3 Å². The minimum atomic E-state index is -0.963. The van der Waals surface area contributed by atoms with Crippen molar-refractivity contribution in [2.75, 3.05) is 6.61 Å². The third-order valence-electron chi connectivity index (χ3n) is 3.19. The minimum absolute atomic E-state index is 0.0290. The molecule has 21 heavy (non-hydrogen) atoms. The lowest BCUT2D eigenvalue weighted by Crippen LogP contribution is -2.41. The quantitative estimate of drug-likeness (QED) is 0.761. The average molecular weight is 289 g/mol. The number of aliphatic hydroxyl groups is 1. The van der Waals surface area contributed by atoms with E-state index in [0.717, 1.165) is 11.3 Å². The molecule has 1 aromatic heterocycles. The molecule has 0 saturated heterocycles. The third-order valence-corrected chi connectivity index (χ3v) is 3.19. The molecular weight excluding hydrogens is 270 g/mol. The smallest absolute Gasteiger partial charge is 0.335 e. The van der Waals surface area contributed by atoms with Crippen molar-refractivity contribution in [3.05, 3.63) is 47.7 Å². The standard InChI is InChI=1S/C16H19NO4/c1-16(2,10-18)17-9-13-6-7-14(21-13)11-4-3-5-12(8-11)15(19)20/h3-8,17-18H,9-10H2,1-2H3,(H,19,20). The van der Waals surface area contributed by atoms with E-state index >= 15 is 0 Å². The van der Waals surface area contributed by atoms with Crippen LogP contribution in [0.25, 0.3) is 11.3 Å². The van der Waals surface area contributed by atoms with Crippen LogP contribution in [-0.2, 0) is 6.54 Å². The SMILES string of the molecule is CC(C)(CO)NCc1ccc(-c2cccc(C(=O)O)c2)o1. The first-order chi connectivity index (χ1) is 9.91. The molecule has 0 aliphatic heterocycles. The number of carboxylic acids is 1. The van der Waals surface area contributed by atoms with Crippen LogP contribution >= 0.6 is 0 Å². The van der Waals surface area contributed by atoms with Crippen LogP contribution in [0, 0.1) is 0 Å². The maximum Gasteiger partial charge on any atom is 0.335 e. The Morgan fingerprint density at radius 3 is 2.71 bits per heavy atom. The van der Waals surface area contributed by atoms with Crippen molar-refractivity contribution in [2.45, 2.75) is 25.9 Å². The molecule has 0 aliphatic carbocycles. The summed E-state index contributed by atoms with van der Waals surface area (Å²) in [5, 5.41) is 21.4. The van der Waals surface area contributed by atoms with E-state index in [1.165, 1.54) is 0 Å². The van der Waals surface area contributed by atoms with E-state index in [-0.39, 0.29) is 17.7 Å². The number of benzene rings is 1. The minimum Gasteiger partial charge on any atom is -0.478 e. The first-order valence-electron chi connectivity index (χ1n) is 6.69. The Morgan fingerprint density at radius 1 is 1.29 bits per heavy atom. The largest absolute Gasteiger partial charge is 0.478 e. The number of nitrogens with one attached hydrogen (secondary N) is 1. The fourth-order valence-corrected chi connectivity index (χ4v) is 1.82. The molecule has 2 aromatic rings. The summed E-state index contributed by atoms with van der Waals surface area (Å²) in [6.07, 6.45) is 0. The number of hydrogen-bond acceptors (Lipinski definition) is 4. The molecule has 0 aliphatic rings. The average Bonchev–Trinajstić information content (AvgIpc) is 2.94. The monoisotopic (exact) mass is 289 g/mol. The molecule has 3 N–H and O–H groups in total. The van der Waals surface area contributed by atoms with Gasteiger partial charge >= 0.3 is 5.97 Å². The molecule has 0 spiro atoms. The summed E-state index contributed by atoms with van der Waals surface area (Å²) >= 11 is 0. The maximum atomic E-state index is 11.0. The molecule has 1 aromatic carbocycles. The van der Waals surface area contributed by atoms with Crippen LogP contribution in [0.1, 0.15) is 30.0 Å². The molecule has 2 rings (SSSR count). The van der Waals surface area contributed by atoms with Gasteiger partial charge in [0.25, 0.3) is 0 Å². The summed E-state index contributed by atoms with van der Waals surface area (Å²) < 4.78 is 5.71. The molecule has 5 heteroatoms. The fraction of sp³-hybridized carbons (Fsp3) is 0.312. The van der Waals surface area contributed by atoms with Crippen LogP contribution in [0.15, 0.2) is 40.8 Å². The number of rotatable bonds is 6. The van der Waals surface area contributed by atoms with Gasteiger partial charge in [0.05, 0.1) is 18.7 Å². The lowest BCUT2D eigenvalue weighted by molar-refractivity contribution is 0.0697. The van der Waals surface area contributed by atoms with Crippen LogP contribution in [0.3, 0.4) is 0 Å². The van der Waals surface area contributed by atoms with Gasteiger partial charge in [-0.2, -0.15) is 0 Å². The van der Waals surface area contributed by atoms with Gasteiger partial charge in [-0.1, -0.05) is 12.1 Å². The molecule has 5 nitrogen and oxygen atoms in total. The summed E-state index contributed by atoms with van der Waals surface area (Å²) in [6, 6.07) is 10.3. The normalized spacial score (nSPS) is 11.6. The van der Waals surface area contributed by atoms with Gasteiger partial charge in [-0.3, -0.25) is 0 Å². The van der Waals surface area contributed by atoms with Crippen LogP contribution in [-0.4, -0.2) is 28.3 Å². The van der Waals surface area contributed by atoms with Crippen molar-refractivity contribution >= 4 is 5.97 Å². The van der Waals surface area contributed by atoms with Crippen molar-refractivity contribution in [1.82, 2.24) is 5.32 Å². The highest BCUT2D eigenvalue weighted by molar-refractivity contribution is 5.89. The van der Waals surface area contributed by atoms with Gasteiger partial charge in [0.1, 0.15) is 11.5 Å². The predicted molar refractivity (Wildman–Crippen MR) is 79.1 cm³/mol. The van der Waals surface area contributed by atoms with Crippen LogP contribution in [0.4, 0.5) is 0 Å². The number of carboxylic acid groups (broad SMARTS) is 1. The second-order valence-corrected chi connectivity index (χ2v) is 5.55. The van der Waals surface area contributed by atoms with Crippen molar-refractivity contribution in [1.29, 1.82) is 0 Å². The second-order valence-electron chi connectivity index (χ2n) is 5.55. The zero-order chi connectivity index (χ0) is 15.5. The Bertz CT molecular complexity index is 631. The van der Waals surface area contributed by atoms with E-state index in [0.29, 0.717) is 12.3 Å². The molecule has 0 unspecified atom stereocenters. The fourth-order valence-electron chi connectivity index (χ4n) is 1.82. The van der Waals surface area contributed by atoms with Gasteiger partial charge in [-0.25, -0.2) is 4.79 Å². The second kappa shape index (κ2) is 6.11. The topological polar surface area (TPSA) is 82.7 Å². The van der Waals surface area contributed by atoms with Gasteiger partial charge in [-0.15, -0.1) is 0 Å². The van der Waals surface area contributed by atoms with Crippen LogP contribution in [0.5, 0.6) is 0 Å². The van der Waals surface area contributed by atoms with E-state index in [1.807, 2.05) is 26.0 Å². The van der Waals surface area contributed by atoms with Gasteiger partial charge < -0.3 is 19.9 Å². The molecule has 0 fully saturated rings. The Hall–Kier alpha value is -2.11. The predicted octanol–water partition coefficient (Wildman–Crippen LogP) is 2.51. The molecule has 0 atom stereocenters. The van der Waals surface area contributed by atoms with E-state index in [9.17, 15) is 9.90 Å². The number of furan rings is 1. The number of hydrogen-bond donors (Lipinski definition) is 3. The third kappa shape index (κ3) is 3.93. The highest BCUT2D eigenvalue weighted by Gasteiger charge is 2.16. The Kier molecular flexibility index (Phi) is 4.45. The van der Waals surface area contributed by atoms with Gasteiger partial charge in [0.2, 0.25) is 0 Å². The van der Waals surface area contributed by atoms with Gasteiger partial charge in [0.15, 0.2) is 0 Å². The Labute approximate surface area is 123 Å². The molecule has 0 amide bonds. The van der Waals surface area contributed by atoms with E-state index in [4.69, 9.17) is 9.52 Å². The number of carbonyl (C=O) groups is 1. The molecular formula is C16H19NO4.